The van der Waals surface area contributed by atoms with Crippen LogP contribution in [-0.4, -0.2) is 16.6 Å². The van der Waals surface area contributed by atoms with Crippen molar-refractivity contribution in [1.29, 1.82) is 10.5 Å². The second kappa shape index (κ2) is 8.12. The summed E-state index contributed by atoms with van der Waals surface area (Å²) in [5.74, 6) is -0.862. The Morgan fingerprint density at radius 2 is 1.75 bits per heavy atom. The molecule has 0 aliphatic rings. The standard InChI is InChI=1S/C20H16F3N3O2/c1-19(28,9-8-13-2-4-14(11-24)5-3-13)18(27)26-16-7-6-15(12-25)17(10-16)20(21,22)23/h2-7,10,28H,8-9H2,1H3,(H,26,27)/t19-/m0/s1. The maximum Gasteiger partial charge on any atom is 0.417 e. The monoisotopic (exact) mass is 387 g/mol. The molecule has 144 valence electrons. The molecule has 28 heavy (non-hydrogen) atoms. The van der Waals surface area contributed by atoms with Gasteiger partial charge in [0.05, 0.1) is 28.8 Å². The van der Waals surface area contributed by atoms with Crippen LogP contribution in [0.15, 0.2) is 42.5 Å². The van der Waals surface area contributed by atoms with E-state index in [4.69, 9.17) is 10.5 Å². The Morgan fingerprint density at radius 1 is 1.11 bits per heavy atom. The quantitative estimate of drug-likeness (QED) is 0.816. The first kappa shape index (κ1) is 20.9. The van der Waals surface area contributed by atoms with Crippen molar-refractivity contribution in [2.75, 3.05) is 5.32 Å². The van der Waals surface area contributed by atoms with Crippen LogP contribution in [0.4, 0.5) is 18.9 Å². The lowest BCUT2D eigenvalue weighted by atomic mass is 9.95. The fourth-order valence-corrected chi connectivity index (χ4v) is 2.47. The van der Waals surface area contributed by atoms with E-state index in [1.54, 1.807) is 24.3 Å². The van der Waals surface area contributed by atoms with Gasteiger partial charge < -0.3 is 10.4 Å². The summed E-state index contributed by atoms with van der Waals surface area (Å²) in [6.45, 7) is 1.26. The summed E-state index contributed by atoms with van der Waals surface area (Å²) in [5.41, 5.74) is -2.45. The molecule has 1 amide bonds. The number of aliphatic hydroxyl groups is 1. The Bertz CT molecular complexity index is 953. The second-order valence-electron chi connectivity index (χ2n) is 6.41. The van der Waals surface area contributed by atoms with Crippen LogP contribution in [0, 0.1) is 22.7 Å². The average Bonchev–Trinajstić information content (AvgIpc) is 2.66. The van der Waals surface area contributed by atoms with Gasteiger partial charge in [0.1, 0.15) is 5.60 Å². The van der Waals surface area contributed by atoms with Gasteiger partial charge in [0, 0.05) is 5.69 Å². The van der Waals surface area contributed by atoms with Crippen molar-refractivity contribution in [2.24, 2.45) is 0 Å². The Balaban J connectivity index is 2.10. The van der Waals surface area contributed by atoms with E-state index in [-0.39, 0.29) is 12.1 Å². The number of rotatable bonds is 5. The highest BCUT2D eigenvalue weighted by Crippen LogP contribution is 2.33. The fourth-order valence-electron chi connectivity index (χ4n) is 2.47. The van der Waals surface area contributed by atoms with Gasteiger partial charge in [-0.2, -0.15) is 23.7 Å². The molecule has 0 bridgehead atoms. The van der Waals surface area contributed by atoms with Gasteiger partial charge in [-0.3, -0.25) is 4.79 Å². The number of aryl methyl sites for hydroxylation is 1. The topological polar surface area (TPSA) is 96.9 Å². The van der Waals surface area contributed by atoms with Crippen LogP contribution in [0.3, 0.4) is 0 Å². The van der Waals surface area contributed by atoms with Gasteiger partial charge in [-0.05, 0) is 55.7 Å². The summed E-state index contributed by atoms with van der Waals surface area (Å²) in [6.07, 6.45) is -4.40. The molecule has 2 N–H and O–H groups in total. The lowest BCUT2D eigenvalue weighted by Crippen LogP contribution is -2.40. The predicted octanol–water partition coefficient (Wildman–Crippen LogP) is 3.77. The number of anilines is 1. The zero-order chi connectivity index (χ0) is 20.9. The molecule has 0 heterocycles. The van der Waals surface area contributed by atoms with E-state index in [0.29, 0.717) is 18.1 Å². The van der Waals surface area contributed by atoms with E-state index >= 15 is 0 Å². The highest BCUT2D eigenvalue weighted by Gasteiger charge is 2.35. The summed E-state index contributed by atoms with van der Waals surface area (Å²) < 4.78 is 39.0. The summed E-state index contributed by atoms with van der Waals surface area (Å²) in [4.78, 5) is 12.3. The van der Waals surface area contributed by atoms with Crippen LogP contribution in [0.1, 0.15) is 35.6 Å². The Kier molecular flexibility index (Phi) is 6.07. The van der Waals surface area contributed by atoms with Crippen molar-refractivity contribution in [3.05, 3.63) is 64.7 Å². The molecule has 0 radical (unpaired) electrons. The number of carbonyl (C=O) groups is 1. The number of carbonyl (C=O) groups excluding carboxylic acids is 1. The van der Waals surface area contributed by atoms with Gasteiger partial charge >= 0.3 is 6.18 Å². The van der Waals surface area contributed by atoms with E-state index in [1.165, 1.54) is 19.1 Å². The maximum absolute atomic E-state index is 13.0. The summed E-state index contributed by atoms with van der Waals surface area (Å²) in [6, 6.07) is 12.8. The zero-order valence-corrected chi connectivity index (χ0v) is 14.8. The number of alkyl halides is 3. The number of nitriles is 2. The molecule has 8 heteroatoms. The van der Waals surface area contributed by atoms with Crippen molar-refractivity contribution in [1.82, 2.24) is 0 Å². The summed E-state index contributed by atoms with van der Waals surface area (Å²) >= 11 is 0. The van der Waals surface area contributed by atoms with E-state index < -0.39 is 28.8 Å². The smallest absolute Gasteiger partial charge is 0.380 e. The van der Waals surface area contributed by atoms with Gasteiger partial charge in [0.2, 0.25) is 0 Å². The van der Waals surface area contributed by atoms with Crippen molar-refractivity contribution < 1.29 is 23.1 Å². The van der Waals surface area contributed by atoms with Crippen LogP contribution in [0.5, 0.6) is 0 Å². The number of benzene rings is 2. The molecule has 5 nitrogen and oxygen atoms in total. The molecule has 0 spiro atoms. The molecule has 2 aromatic rings. The van der Waals surface area contributed by atoms with Gasteiger partial charge in [0.15, 0.2) is 0 Å². The number of hydrogen-bond donors (Lipinski definition) is 2. The van der Waals surface area contributed by atoms with Crippen LogP contribution in [0.25, 0.3) is 0 Å². The molecule has 0 saturated heterocycles. The third kappa shape index (κ3) is 5.09. The second-order valence-corrected chi connectivity index (χ2v) is 6.41. The Morgan fingerprint density at radius 3 is 2.29 bits per heavy atom. The minimum Gasteiger partial charge on any atom is -0.380 e. The lowest BCUT2D eigenvalue weighted by molar-refractivity contribution is -0.138. The fraction of sp³-hybridized carbons (Fsp3) is 0.250. The molecular formula is C20H16F3N3O2. The molecule has 2 aromatic carbocycles. The maximum atomic E-state index is 13.0. The molecule has 1 atom stereocenters. The van der Waals surface area contributed by atoms with Gasteiger partial charge in [-0.1, -0.05) is 12.1 Å². The van der Waals surface area contributed by atoms with E-state index in [2.05, 4.69) is 5.32 Å². The normalized spacial score (nSPS) is 13.1. The summed E-state index contributed by atoms with van der Waals surface area (Å²) in [7, 11) is 0. The minimum absolute atomic E-state index is 0.0210. The Hall–Kier alpha value is -3.36. The molecule has 0 aromatic heterocycles. The van der Waals surface area contributed by atoms with Crippen molar-refractivity contribution in [3.63, 3.8) is 0 Å². The highest BCUT2D eigenvalue weighted by atomic mass is 19.4. The van der Waals surface area contributed by atoms with Gasteiger partial charge in [-0.25, -0.2) is 0 Å². The molecule has 0 aliphatic heterocycles. The number of nitrogens with one attached hydrogen (secondary N) is 1. The zero-order valence-electron chi connectivity index (χ0n) is 14.8. The van der Waals surface area contributed by atoms with Gasteiger partial charge in [0.25, 0.3) is 5.91 Å². The molecule has 0 saturated carbocycles. The molecule has 0 fully saturated rings. The van der Waals surface area contributed by atoms with Crippen molar-refractivity contribution >= 4 is 11.6 Å². The first-order valence-corrected chi connectivity index (χ1v) is 8.21. The van der Waals surface area contributed by atoms with Crippen LogP contribution < -0.4 is 5.32 Å². The molecule has 0 aliphatic carbocycles. The van der Waals surface area contributed by atoms with Crippen molar-refractivity contribution in [3.8, 4) is 12.1 Å². The first-order valence-electron chi connectivity index (χ1n) is 8.21. The average molecular weight is 387 g/mol. The van der Waals surface area contributed by atoms with E-state index in [1.807, 2.05) is 6.07 Å². The molecule has 0 unspecified atom stereocenters. The minimum atomic E-state index is -4.75. The molecular weight excluding hydrogens is 371 g/mol. The summed E-state index contributed by atoms with van der Waals surface area (Å²) in [5, 5.41) is 30.2. The largest absolute Gasteiger partial charge is 0.417 e. The first-order chi connectivity index (χ1) is 13.1. The SMILES string of the molecule is C[C@](O)(CCc1ccc(C#N)cc1)C(=O)Nc1ccc(C#N)c(C(F)(F)F)c1. The van der Waals surface area contributed by atoms with Crippen LogP contribution >= 0.6 is 0 Å². The highest BCUT2D eigenvalue weighted by molar-refractivity contribution is 5.97. The lowest BCUT2D eigenvalue weighted by Gasteiger charge is -2.23. The van der Waals surface area contributed by atoms with Gasteiger partial charge in [-0.15, -0.1) is 0 Å². The number of hydrogen-bond acceptors (Lipinski definition) is 4. The van der Waals surface area contributed by atoms with E-state index in [9.17, 15) is 23.1 Å². The Labute approximate surface area is 159 Å². The molecule has 2 rings (SSSR count). The number of halogens is 3. The van der Waals surface area contributed by atoms with Crippen LogP contribution in [-0.2, 0) is 17.4 Å². The number of amides is 1. The van der Waals surface area contributed by atoms with Crippen LogP contribution in [0.2, 0.25) is 0 Å². The predicted molar refractivity (Wildman–Crippen MR) is 94.9 cm³/mol. The third-order valence-corrected chi connectivity index (χ3v) is 4.18. The third-order valence-electron chi connectivity index (χ3n) is 4.18. The van der Waals surface area contributed by atoms with Crippen molar-refractivity contribution in [2.45, 2.75) is 31.5 Å². The van der Waals surface area contributed by atoms with E-state index in [0.717, 1.165) is 11.6 Å². The number of nitrogens with zero attached hydrogens (tertiary/aromatic N) is 2.